The van der Waals surface area contributed by atoms with Gasteiger partial charge in [-0.15, -0.1) is 0 Å². The molecule has 0 aliphatic heterocycles. The second kappa shape index (κ2) is 5.22. The quantitative estimate of drug-likeness (QED) is 0.928. The Kier molecular flexibility index (Phi) is 3.66. The molecule has 0 fully saturated rings. The fourth-order valence-corrected chi connectivity index (χ4v) is 1.73. The number of carbonyl (C=O) groups is 1. The summed E-state index contributed by atoms with van der Waals surface area (Å²) in [5.74, 6) is -0.755. The zero-order valence-electron chi connectivity index (χ0n) is 9.45. The lowest BCUT2D eigenvalue weighted by molar-refractivity contribution is 0.102. The van der Waals surface area contributed by atoms with Crippen molar-refractivity contribution in [3.63, 3.8) is 0 Å². The van der Waals surface area contributed by atoms with Crippen LogP contribution in [0.3, 0.4) is 0 Å². The fraction of sp³-hybridized carbons (Fsp3) is 0.0833. The summed E-state index contributed by atoms with van der Waals surface area (Å²) in [5.41, 5.74) is 1.37. The van der Waals surface area contributed by atoms with Gasteiger partial charge in [0.2, 0.25) is 0 Å². The van der Waals surface area contributed by atoms with Crippen LogP contribution in [0, 0.1) is 12.7 Å². The number of amides is 1. The molecule has 0 radical (unpaired) electrons. The van der Waals surface area contributed by atoms with E-state index in [1.807, 2.05) is 0 Å². The van der Waals surface area contributed by atoms with Gasteiger partial charge in [0.15, 0.2) is 0 Å². The molecule has 0 aliphatic carbocycles. The van der Waals surface area contributed by atoms with Crippen molar-refractivity contribution in [3.8, 4) is 0 Å². The third-order valence-corrected chi connectivity index (χ3v) is 2.92. The summed E-state index contributed by atoms with van der Waals surface area (Å²) in [6.07, 6.45) is 4.28. The lowest BCUT2D eigenvalue weighted by Gasteiger charge is -2.08. The number of anilines is 1. The van der Waals surface area contributed by atoms with Crippen molar-refractivity contribution >= 4 is 27.5 Å². The van der Waals surface area contributed by atoms with Crippen LogP contribution in [0.1, 0.15) is 16.1 Å². The van der Waals surface area contributed by atoms with Crippen molar-refractivity contribution in [1.29, 1.82) is 0 Å². The van der Waals surface area contributed by atoms with Crippen molar-refractivity contribution < 1.29 is 9.18 Å². The smallest absolute Gasteiger partial charge is 0.275 e. The van der Waals surface area contributed by atoms with E-state index in [2.05, 4.69) is 31.2 Å². The van der Waals surface area contributed by atoms with Crippen LogP contribution in [0.25, 0.3) is 0 Å². The van der Waals surface area contributed by atoms with E-state index in [-0.39, 0.29) is 17.4 Å². The van der Waals surface area contributed by atoms with Gasteiger partial charge in [-0.25, -0.2) is 9.37 Å². The maximum atomic E-state index is 13.2. The van der Waals surface area contributed by atoms with E-state index in [9.17, 15) is 9.18 Å². The van der Waals surface area contributed by atoms with Gasteiger partial charge >= 0.3 is 0 Å². The molecular weight excluding hydrogens is 301 g/mol. The summed E-state index contributed by atoms with van der Waals surface area (Å²) >= 11 is 3.07. The number of benzene rings is 1. The average Bonchev–Trinajstić information content (AvgIpc) is 2.37. The fourth-order valence-electron chi connectivity index (χ4n) is 1.38. The predicted octanol–water partition coefficient (Wildman–Crippen LogP) is 2.94. The van der Waals surface area contributed by atoms with Crippen LogP contribution in [0.15, 0.2) is 35.2 Å². The Hall–Kier alpha value is -1.82. The van der Waals surface area contributed by atoms with Gasteiger partial charge in [0.1, 0.15) is 11.5 Å². The summed E-state index contributed by atoms with van der Waals surface area (Å²) in [6.45, 7) is 1.71. The minimum absolute atomic E-state index is 0.206. The molecule has 0 saturated carbocycles. The number of nitrogens with zero attached hydrogens (tertiary/aromatic N) is 2. The highest BCUT2D eigenvalue weighted by Gasteiger charge is 2.11. The molecule has 6 heteroatoms. The first-order valence-electron chi connectivity index (χ1n) is 5.11. The Balaban J connectivity index is 2.25. The van der Waals surface area contributed by atoms with Crippen LogP contribution in [0.2, 0.25) is 0 Å². The van der Waals surface area contributed by atoms with Gasteiger partial charge in [-0.1, -0.05) is 0 Å². The van der Waals surface area contributed by atoms with Gasteiger partial charge in [0.05, 0.1) is 10.7 Å². The molecule has 0 bridgehead atoms. The molecule has 2 aromatic rings. The Bertz CT molecular complexity index is 589. The highest BCUT2D eigenvalue weighted by atomic mass is 79.9. The zero-order valence-corrected chi connectivity index (χ0v) is 11.0. The lowest BCUT2D eigenvalue weighted by Crippen LogP contribution is -2.14. The number of aromatic nitrogens is 2. The first kappa shape index (κ1) is 12.6. The predicted molar refractivity (Wildman–Crippen MR) is 68.8 cm³/mol. The van der Waals surface area contributed by atoms with Crippen molar-refractivity contribution in [3.05, 3.63) is 52.3 Å². The Morgan fingerprint density at radius 3 is 2.83 bits per heavy atom. The highest BCUT2D eigenvalue weighted by molar-refractivity contribution is 9.10. The molecule has 1 N–H and O–H groups in total. The monoisotopic (exact) mass is 309 g/mol. The largest absolute Gasteiger partial charge is 0.320 e. The molecule has 1 heterocycles. The summed E-state index contributed by atoms with van der Waals surface area (Å²) in [5, 5.41) is 2.66. The van der Waals surface area contributed by atoms with E-state index in [0.717, 1.165) is 0 Å². The molecule has 18 heavy (non-hydrogen) atoms. The highest BCUT2D eigenvalue weighted by Crippen LogP contribution is 2.24. The molecule has 0 atom stereocenters. The number of aryl methyl sites for hydroxylation is 1. The second-order valence-corrected chi connectivity index (χ2v) is 4.48. The van der Waals surface area contributed by atoms with Crippen LogP contribution in [0.5, 0.6) is 0 Å². The number of nitrogens with one attached hydrogen (secondary N) is 1. The standard InChI is InChI=1S/C12H9BrFN3O/c1-7-4-9(14)8(13)5-10(7)17-12(18)11-6-15-2-3-16-11/h2-6H,1H3,(H,17,18). The first-order chi connectivity index (χ1) is 8.58. The second-order valence-electron chi connectivity index (χ2n) is 3.63. The molecule has 0 saturated heterocycles. The van der Waals surface area contributed by atoms with Gasteiger partial charge in [-0.2, -0.15) is 0 Å². The number of rotatable bonds is 2. The van der Waals surface area contributed by atoms with Crippen LogP contribution in [0.4, 0.5) is 10.1 Å². The molecule has 4 nitrogen and oxygen atoms in total. The molecule has 2 rings (SSSR count). The lowest BCUT2D eigenvalue weighted by atomic mass is 10.2. The number of hydrogen-bond donors (Lipinski definition) is 1. The van der Waals surface area contributed by atoms with Crippen molar-refractivity contribution in [1.82, 2.24) is 9.97 Å². The number of halogens is 2. The number of hydrogen-bond acceptors (Lipinski definition) is 3. The van der Waals surface area contributed by atoms with E-state index in [1.54, 1.807) is 6.92 Å². The summed E-state index contributed by atoms with van der Waals surface area (Å²) < 4.78 is 13.5. The molecule has 0 unspecified atom stereocenters. The van der Waals surface area contributed by atoms with E-state index < -0.39 is 0 Å². The minimum Gasteiger partial charge on any atom is -0.320 e. The molecular formula is C12H9BrFN3O. The molecule has 1 aromatic heterocycles. The average molecular weight is 310 g/mol. The Labute approximate surface area is 111 Å². The topological polar surface area (TPSA) is 54.9 Å². The normalized spacial score (nSPS) is 10.2. The third-order valence-electron chi connectivity index (χ3n) is 2.31. The van der Waals surface area contributed by atoms with Crippen LogP contribution in [-0.4, -0.2) is 15.9 Å². The molecule has 0 spiro atoms. The van der Waals surface area contributed by atoms with Gasteiger partial charge in [0.25, 0.3) is 5.91 Å². The summed E-state index contributed by atoms with van der Waals surface area (Å²) in [6, 6.07) is 2.86. The van der Waals surface area contributed by atoms with E-state index in [1.165, 1.54) is 30.7 Å². The van der Waals surface area contributed by atoms with Crippen LogP contribution < -0.4 is 5.32 Å². The molecule has 1 amide bonds. The van der Waals surface area contributed by atoms with Crippen molar-refractivity contribution in [2.45, 2.75) is 6.92 Å². The Morgan fingerprint density at radius 2 is 2.17 bits per heavy atom. The van der Waals surface area contributed by atoms with Crippen LogP contribution in [-0.2, 0) is 0 Å². The van der Waals surface area contributed by atoms with E-state index in [4.69, 9.17) is 0 Å². The maximum absolute atomic E-state index is 13.2. The van der Waals surface area contributed by atoms with Gasteiger partial charge in [-0.3, -0.25) is 9.78 Å². The minimum atomic E-state index is -0.385. The van der Waals surface area contributed by atoms with E-state index in [0.29, 0.717) is 15.7 Å². The maximum Gasteiger partial charge on any atom is 0.275 e. The van der Waals surface area contributed by atoms with Crippen molar-refractivity contribution in [2.24, 2.45) is 0 Å². The van der Waals surface area contributed by atoms with Crippen molar-refractivity contribution in [2.75, 3.05) is 5.32 Å². The molecule has 92 valence electrons. The Morgan fingerprint density at radius 1 is 1.39 bits per heavy atom. The summed E-state index contributed by atoms with van der Waals surface area (Å²) in [7, 11) is 0. The molecule has 0 aliphatic rings. The SMILES string of the molecule is Cc1cc(F)c(Br)cc1NC(=O)c1cnccn1. The number of carbonyl (C=O) groups excluding carboxylic acids is 1. The molecule has 1 aromatic carbocycles. The zero-order chi connectivity index (χ0) is 13.1. The summed E-state index contributed by atoms with van der Waals surface area (Å²) in [4.78, 5) is 19.5. The van der Waals surface area contributed by atoms with Gasteiger partial charge < -0.3 is 5.32 Å². The third kappa shape index (κ3) is 2.70. The first-order valence-corrected chi connectivity index (χ1v) is 5.90. The van der Waals surface area contributed by atoms with Gasteiger partial charge in [-0.05, 0) is 40.5 Å². The van der Waals surface area contributed by atoms with E-state index >= 15 is 0 Å². The van der Waals surface area contributed by atoms with Crippen LogP contribution >= 0.6 is 15.9 Å². The van der Waals surface area contributed by atoms with Gasteiger partial charge in [0, 0.05) is 18.1 Å².